The van der Waals surface area contributed by atoms with E-state index in [-0.39, 0.29) is 24.4 Å². The van der Waals surface area contributed by atoms with Gasteiger partial charge >= 0.3 is 0 Å². The molecule has 1 aliphatic heterocycles. The smallest absolute Gasteiger partial charge is 0.227 e. The molecule has 1 atom stereocenters. The average Bonchev–Trinajstić information content (AvgIpc) is 2.57. The van der Waals surface area contributed by atoms with Crippen molar-refractivity contribution in [2.24, 2.45) is 0 Å². The van der Waals surface area contributed by atoms with Crippen molar-refractivity contribution in [3.05, 3.63) is 69.2 Å². The molecule has 6 heteroatoms. The van der Waals surface area contributed by atoms with Crippen LogP contribution in [0.25, 0.3) is 0 Å². The van der Waals surface area contributed by atoms with Crippen molar-refractivity contribution >= 4 is 41.5 Å². The van der Waals surface area contributed by atoms with Gasteiger partial charge in [0.25, 0.3) is 0 Å². The molecule has 0 saturated carbocycles. The first-order valence-electron chi connectivity index (χ1n) is 8.39. The molecule has 140 valence electrons. The zero-order valence-corrected chi connectivity index (χ0v) is 17.2. The molecule has 1 unspecified atom stereocenters. The van der Waals surface area contributed by atoms with E-state index >= 15 is 0 Å². The zero-order valence-electron chi connectivity index (χ0n) is 14.9. The van der Waals surface area contributed by atoms with Gasteiger partial charge in [-0.05, 0) is 49.3 Å². The second kappa shape index (κ2) is 9.09. The highest BCUT2D eigenvalue weighted by molar-refractivity contribution is 6.42. The molecule has 1 aliphatic rings. The van der Waals surface area contributed by atoms with E-state index in [0.29, 0.717) is 23.0 Å². The van der Waals surface area contributed by atoms with E-state index in [2.05, 4.69) is 23.1 Å². The van der Waals surface area contributed by atoms with Crippen molar-refractivity contribution in [3.63, 3.8) is 0 Å². The Morgan fingerprint density at radius 1 is 1.12 bits per heavy atom. The molecule has 3 rings (SSSR count). The Balaban J connectivity index is 0.00000243. The molecule has 3 nitrogen and oxygen atoms in total. The summed E-state index contributed by atoms with van der Waals surface area (Å²) in [7, 11) is 4.09. The van der Waals surface area contributed by atoms with Crippen LogP contribution in [0.15, 0.2) is 42.5 Å². The number of carbonyl (C=O) groups excluding carboxylic acids is 1. The van der Waals surface area contributed by atoms with E-state index in [1.54, 1.807) is 12.1 Å². The number of likely N-dealkylation sites (N-methyl/N-ethyl adjacent to an activating group) is 1. The first kappa shape index (κ1) is 21.0. The van der Waals surface area contributed by atoms with E-state index in [1.165, 1.54) is 11.1 Å². The van der Waals surface area contributed by atoms with Gasteiger partial charge in [-0.15, -0.1) is 12.4 Å². The lowest BCUT2D eigenvalue weighted by Gasteiger charge is -2.38. The van der Waals surface area contributed by atoms with Crippen LogP contribution in [0.3, 0.4) is 0 Å². The number of benzene rings is 2. The Morgan fingerprint density at radius 3 is 2.46 bits per heavy atom. The molecule has 0 bridgehead atoms. The van der Waals surface area contributed by atoms with Crippen molar-refractivity contribution in [2.75, 3.05) is 20.6 Å². The molecule has 0 saturated heterocycles. The summed E-state index contributed by atoms with van der Waals surface area (Å²) in [5, 5.41) is 0.996. The molecule has 0 radical (unpaired) electrons. The van der Waals surface area contributed by atoms with E-state index in [4.69, 9.17) is 23.2 Å². The summed E-state index contributed by atoms with van der Waals surface area (Å²) in [6.07, 6.45) is 1.23. The number of hydrogen-bond donors (Lipinski definition) is 0. The van der Waals surface area contributed by atoms with Gasteiger partial charge < -0.3 is 9.80 Å². The molecule has 0 aromatic heterocycles. The number of nitrogens with zero attached hydrogens (tertiary/aromatic N) is 2. The molecule has 0 N–H and O–H groups in total. The second-order valence-corrected chi connectivity index (χ2v) is 7.65. The Labute approximate surface area is 171 Å². The SMILES string of the molecule is CN(C)CC1Cc2ccccc2CN1C(=O)Cc1ccc(Cl)c(Cl)c1.Cl. The fourth-order valence-electron chi connectivity index (χ4n) is 3.39. The summed E-state index contributed by atoms with van der Waals surface area (Å²) in [4.78, 5) is 17.1. The van der Waals surface area contributed by atoms with E-state index < -0.39 is 0 Å². The minimum atomic E-state index is 0. The van der Waals surface area contributed by atoms with Gasteiger partial charge in [-0.2, -0.15) is 0 Å². The van der Waals surface area contributed by atoms with Crippen LogP contribution >= 0.6 is 35.6 Å². The highest BCUT2D eigenvalue weighted by Gasteiger charge is 2.29. The minimum Gasteiger partial charge on any atom is -0.333 e. The third-order valence-corrected chi connectivity index (χ3v) is 5.33. The number of rotatable bonds is 4. The lowest BCUT2D eigenvalue weighted by Crippen LogP contribution is -2.49. The van der Waals surface area contributed by atoms with Gasteiger partial charge in [0, 0.05) is 19.1 Å². The van der Waals surface area contributed by atoms with Gasteiger partial charge in [-0.1, -0.05) is 53.5 Å². The van der Waals surface area contributed by atoms with Crippen LogP contribution in [0, 0.1) is 0 Å². The number of amides is 1. The van der Waals surface area contributed by atoms with Gasteiger partial charge in [0.1, 0.15) is 0 Å². The monoisotopic (exact) mass is 412 g/mol. The highest BCUT2D eigenvalue weighted by Crippen LogP contribution is 2.26. The average molecular weight is 414 g/mol. The molecular weight excluding hydrogens is 391 g/mol. The topological polar surface area (TPSA) is 23.6 Å². The third kappa shape index (κ3) is 4.92. The fraction of sp³-hybridized carbons (Fsp3) is 0.350. The van der Waals surface area contributed by atoms with E-state index in [9.17, 15) is 4.79 Å². The number of fused-ring (bicyclic) bond motifs is 1. The zero-order chi connectivity index (χ0) is 18.0. The molecule has 0 aliphatic carbocycles. The van der Waals surface area contributed by atoms with Gasteiger partial charge in [0.2, 0.25) is 5.91 Å². The van der Waals surface area contributed by atoms with Crippen molar-refractivity contribution in [3.8, 4) is 0 Å². The maximum atomic E-state index is 13.0. The molecule has 2 aromatic rings. The number of halogens is 3. The van der Waals surface area contributed by atoms with Crippen LogP contribution in [0.5, 0.6) is 0 Å². The summed E-state index contributed by atoms with van der Waals surface area (Å²) in [6.45, 7) is 1.51. The van der Waals surface area contributed by atoms with Crippen LogP contribution in [0.2, 0.25) is 10.0 Å². The second-order valence-electron chi connectivity index (χ2n) is 6.84. The largest absolute Gasteiger partial charge is 0.333 e. The molecule has 2 aromatic carbocycles. The highest BCUT2D eigenvalue weighted by atomic mass is 35.5. The Hall–Kier alpha value is -1.26. The van der Waals surface area contributed by atoms with Gasteiger partial charge in [0.05, 0.1) is 16.5 Å². The summed E-state index contributed by atoms with van der Waals surface area (Å²) >= 11 is 12.1. The van der Waals surface area contributed by atoms with Gasteiger partial charge in [-0.3, -0.25) is 4.79 Å². The fourth-order valence-corrected chi connectivity index (χ4v) is 3.71. The maximum Gasteiger partial charge on any atom is 0.227 e. The van der Waals surface area contributed by atoms with E-state index in [1.807, 2.05) is 31.1 Å². The quantitative estimate of drug-likeness (QED) is 0.738. The van der Waals surface area contributed by atoms with Crippen LogP contribution in [0.1, 0.15) is 16.7 Å². The number of hydrogen-bond acceptors (Lipinski definition) is 2. The summed E-state index contributed by atoms with van der Waals surface area (Å²) < 4.78 is 0. The predicted molar refractivity (Wildman–Crippen MR) is 110 cm³/mol. The Bertz CT molecular complexity index is 779. The predicted octanol–water partition coefficient (Wildman–Crippen LogP) is 4.47. The maximum absolute atomic E-state index is 13.0. The number of carbonyl (C=O) groups is 1. The standard InChI is InChI=1S/C20H22Cl2N2O.ClH/c1-23(2)13-17-11-15-5-3-4-6-16(15)12-24(17)20(25)10-14-7-8-18(21)19(22)9-14;/h3-9,17H,10-13H2,1-2H3;1H. The normalized spacial score (nSPS) is 16.2. The third-order valence-electron chi connectivity index (χ3n) is 4.59. The van der Waals surface area contributed by atoms with Crippen LogP contribution in [-0.4, -0.2) is 42.4 Å². The minimum absolute atomic E-state index is 0. The molecule has 1 heterocycles. The lowest BCUT2D eigenvalue weighted by atomic mass is 9.93. The Morgan fingerprint density at radius 2 is 1.81 bits per heavy atom. The Kier molecular flexibility index (Phi) is 7.36. The van der Waals surface area contributed by atoms with Crippen molar-refractivity contribution < 1.29 is 4.79 Å². The summed E-state index contributed by atoms with van der Waals surface area (Å²) in [5.74, 6) is 0.125. The molecule has 26 heavy (non-hydrogen) atoms. The van der Waals surface area contributed by atoms with Crippen molar-refractivity contribution in [1.82, 2.24) is 9.80 Å². The molecule has 1 amide bonds. The lowest BCUT2D eigenvalue weighted by molar-refractivity contribution is -0.134. The summed E-state index contributed by atoms with van der Waals surface area (Å²) in [6, 6.07) is 14.0. The first-order valence-corrected chi connectivity index (χ1v) is 9.14. The van der Waals surface area contributed by atoms with Crippen molar-refractivity contribution in [2.45, 2.75) is 25.4 Å². The van der Waals surface area contributed by atoms with Crippen molar-refractivity contribution in [1.29, 1.82) is 0 Å². The molecular formula is C20H23Cl3N2O. The first-order chi connectivity index (χ1) is 11.9. The van der Waals surface area contributed by atoms with Crippen LogP contribution in [-0.2, 0) is 24.2 Å². The summed E-state index contributed by atoms with van der Waals surface area (Å²) in [5.41, 5.74) is 3.47. The van der Waals surface area contributed by atoms with Gasteiger partial charge in [0.15, 0.2) is 0 Å². The van der Waals surface area contributed by atoms with Crippen LogP contribution in [0.4, 0.5) is 0 Å². The molecule has 0 fully saturated rings. The van der Waals surface area contributed by atoms with Gasteiger partial charge in [-0.25, -0.2) is 0 Å². The van der Waals surface area contributed by atoms with E-state index in [0.717, 1.165) is 18.5 Å². The molecule has 0 spiro atoms. The van der Waals surface area contributed by atoms with Crippen LogP contribution < -0.4 is 0 Å².